The second-order valence-electron chi connectivity index (χ2n) is 9.75. The standard InChI is InChI=1S/C26H35N5O/c1-19-22-11-6-16-30(18-21-10-4-5-15-27-21)26(22)29-25(28-19)23-12-7-17-31(23)24(32)14-13-20-8-2-3-9-20/h4-5,10,15,20,23H,2-3,6-9,11-14,16-18H2,1H3. The van der Waals surface area contributed by atoms with Crippen LogP contribution in [-0.4, -0.2) is 38.8 Å². The van der Waals surface area contributed by atoms with E-state index >= 15 is 0 Å². The fraction of sp³-hybridized carbons (Fsp3) is 0.615. The molecule has 0 aromatic carbocycles. The van der Waals surface area contributed by atoms with E-state index in [1.807, 2.05) is 18.3 Å². The Morgan fingerprint density at radius 3 is 2.75 bits per heavy atom. The van der Waals surface area contributed by atoms with Gasteiger partial charge in [-0.25, -0.2) is 9.97 Å². The van der Waals surface area contributed by atoms with Gasteiger partial charge in [-0.05, 0) is 57.1 Å². The van der Waals surface area contributed by atoms with Gasteiger partial charge in [0.2, 0.25) is 5.91 Å². The minimum absolute atomic E-state index is 0.0219. The molecule has 0 spiro atoms. The summed E-state index contributed by atoms with van der Waals surface area (Å²) in [6.07, 6.45) is 13.0. The van der Waals surface area contributed by atoms with E-state index in [-0.39, 0.29) is 6.04 Å². The van der Waals surface area contributed by atoms with E-state index in [4.69, 9.17) is 9.97 Å². The van der Waals surface area contributed by atoms with Crippen molar-refractivity contribution in [2.45, 2.75) is 83.7 Å². The van der Waals surface area contributed by atoms with Crippen LogP contribution < -0.4 is 4.90 Å². The minimum Gasteiger partial charge on any atom is -0.350 e. The molecule has 32 heavy (non-hydrogen) atoms. The summed E-state index contributed by atoms with van der Waals surface area (Å²) in [5, 5.41) is 0. The Labute approximate surface area is 191 Å². The topological polar surface area (TPSA) is 62.2 Å². The molecule has 1 unspecified atom stereocenters. The second-order valence-corrected chi connectivity index (χ2v) is 9.75. The predicted octanol–water partition coefficient (Wildman–Crippen LogP) is 4.77. The van der Waals surface area contributed by atoms with Crippen LogP contribution in [0.15, 0.2) is 24.4 Å². The number of hydrogen-bond acceptors (Lipinski definition) is 5. The summed E-state index contributed by atoms with van der Waals surface area (Å²) < 4.78 is 0. The Morgan fingerprint density at radius 2 is 1.94 bits per heavy atom. The van der Waals surface area contributed by atoms with E-state index < -0.39 is 0 Å². The maximum Gasteiger partial charge on any atom is 0.223 e. The number of amides is 1. The summed E-state index contributed by atoms with van der Waals surface area (Å²) in [6.45, 7) is 4.69. The van der Waals surface area contributed by atoms with Crippen molar-refractivity contribution in [1.82, 2.24) is 19.9 Å². The summed E-state index contributed by atoms with van der Waals surface area (Å²) in [7, 11) is 0. The van der Waals surface area contributed by atoms with Crippen molar-refractivity contribution in [3.63, 3.8) is 0 Å². The van der Waals surface area contributed by atoms with E-state index in [9.17, 15) is 4.79 Å². The smallest absolute Gasteiger partial charge is 0.223 e. The second kappa shape index (κ2) is 9.55. The normalized spacial score (nSPS) is 21.2. The monoisotopic (exact) mass is 433 g/mol. The summed E-state index contributed by atoms with van der Waals surface area (Å²) in [4.78, 5) is 32.1. The first-order valence-corrected chi connectivity index (χ1v) is 12.5. The van der Waals surface area contributed by atoms with Gasteiger partial charge in [0.25, 0.3) is 0 Å². The van der Waals surface area contributed by atoms with Gasteiger partial charge >= 0.3 is 0 Å². The lowest BCUT2D eigenvalue weighted by Gasteiger charge is -2.32. The molecular formula is C26H35N5O. The number of aryl methyl sites for hydroxylation is 1. The van der Waals surface area contributed by atoms with Gasteiger partial charge in [-0.15, -0.1) is 0 Å². The molecule has 1 saturated heterocycles. The fourth-order valence-electron chi connectivity index (χ4n) is 5.80. The molecule has 5 rings (SSSR count). The Balaban J connectivity index is 1.35. The fourth-order valence-corrected chi connectivity index (χ4v) is 5.80. The number of carbonyl (C=O) groups is 1. The number of aromatic nitrogens is 3. The van der Waals surface area contributed by atoms with Crippen LogP contribution in [0.1, 0.15) is 86.6 Å². The zero-order valence-corrected chi connectivity index (χ0v) is 19.3. The molecular weight excluding hydrogens is 398 g/mol. The lowest BCUT2D eigenvalue weighted by Crippen LogP contribution is -2.34. The molecule has 6 nitrogen and oxygen atoms in total. The van der Waals surface area contributed by atoms with Crippen LogP contribution in [0.2, 0.25) is 0 Å². The van der Waals surface area contributed by atoms with E-state index in [1.165, 1.54) is 31.2 Å². The molecule has 1 atom stereocenters. The summed E-state index contributed by atoms with van der Waals surface area (Å²) in [5.41, 5.74) is 3.39. The maximum absolute atomic E-state index is 13.1. The number of anilines is 1. The predicted molar refractivity (Wildman–Crippen MR) is 125 cm³/mol. The largest absolute Gasteiger partial charge is 0.350 e. The maximum atomic E-state index is 13.1. The third kappa shape index (κ3) is 4.50. The van der Waals surface area contributed by atoms with Gasteiger partial charge in [-0.3, -0.25) is 9.78 Å². The molecule has 6 heteroatoms. The van der Waals surface area contributed by atoms with E-state index in [2.05, 4.69) is 27.8 Å². The summed E-state index contributed by atoms with van der Waals surface area (Å²) >= 11 is 0. The Bertz CT molecular complexity index is 941. The first kappa shape index (κ1) is 21.4. The van der Waals surface area contributed by atoms with Gasteiger partial charge in [0.15, 0.2) is 5.82 Å². The average Bonchev–Trinajstić information content (AvgIpc) is 3.51. The number of nitrogens with zero attached hydrogens (tertiary/aromatic N) is 5. The van der Waals surface area contributed by atoms with Crippen LogP contribution in [0, 0.1) is 12.8 Å². The molecule has 2 fully saturated rings. The van der Waals surface area contributed by atoms with Gasteiger partial charge in [-0.1, -0.05) is 31.7 Å². The number of pyridine rings is 1. The highest BCUT2D eigenvalue weighted by Gasteiger charge is 2.34. The highest BCUT2D eigenvalue weighted by Crippen LogP contribution is 2.36. The number of hydrogen-bond donors (Lipinski definition) is 0. The molecule has 2 aliphatic heterocycles. The van der Waals surface area contributed by atoms with Crippen LogP contribution in [-0.2, 0) is 17.8 Å². The summed E-state index contributed by atoms with van der Waals surface area (Å²) in [5.74, 6) is 2.93. The van der Waals surface area contributed by atoms with Crippen LogP contribution in [0.25, 0.3) is 0 Å². The molecule has 3 aliphatic rings. The molecule has 0 bridgehead atoms. The molecule has 0 radical (unpaired) electrons. The molecule has 2 aromatic heterocycles. The van der Waals surface area contributed by atoms with Crippen molar-refractivity contribution < 1.29 is 4.79 Å². The van der Waals surface area contributed by atoms with Gasteiger partial charge in [0, 0.05) is 37.0 Å². The Hall–Kier alpha value is -2.50. The Kier molecular flexibility index (Phi) is 6.37. The van der Waals surface area contributed by atoms with Gasteiger partial charge in [0.1, 0.15) is 5.82 Å². The van der Waals surface area contributed by atoms with Gasteiger partial charge in [0.05, 0.1) is 18.3 Å². The number of rotatable bonds is 6. The van der Waals surface area contributed by atoms with Crippen molar-refractivity contribution in [1.29, 1.82) is 0 Å². The van der Waals surface area contributed by atoms with Crippen molar-refractivity contribution in [3.8, 4) is 0 Å². The van der Waals surface area contributed by atoms with E-state index in [0.29, 0.717) is 12.3 Å². The lowest BCUT2D eigenvalue weighted by molar-refractivity contribution is -0.132. The van der Waals surface area contributed by atoms with Crippen LogP contribution >= 0.6 is 0 Å². The summed E-state index contributed by atoms with van der Waals surface area (Å²) in [6, 6.07) is 6.09. The molecule has 1 aliphatic carbocycles. The van der Waals surface area contributed by atoms with Crippen LogP contribution in [0.4, 0.5) is 5.82 Å². The molecule has 1 saturated carbocycles. The molecule has 4 heterocycles. The van der Waals surface area contributed by atoms with E-state index in [1.54, 1.807) is 0 Å². The average molecular weight is 434 g/mol. The number of likely N-dealkylation sites (tertiary alicyclic amines) is 1. The molecule has 170 valence electrons. The van der Waals surface area contributed by atoms with Crippen molar-refractivity contribution >= 4 is 11.7 Å². The van der Waals surface area contributed by atoms with E-state index in [0.717, 1.165) is 80.7 Å². The van der Waals surface area contributed by atoms with Crippen molar-refractivity contribution in [3.05, 3.63) is 47.2 Å². The SMILES string of the molecule is Cc1nc(C2CCCN2C(=O)CCC2CCCC2)nc2c1CCCN2Cc1ccccn1. The first-order chi connectivity index (χ1) is 15.7. The minimum atomic E-state index is 0.0219. The quantitative estimate of drug-likeness (QED) is 0.657. The lowest BCUT2D eigenvalue weighted by atomic mass is 10.0. The first-order valence-electron chi connectivity index (χ1n) is 12.5. The number of carbonyl (C=O) groups excluding carboxylic acids is 1. The highest BCUT2D eigenvalue weighted by molar-refractivity contribution is 5.77. The van der Waals surface area contributed by atoms with Crippen molar-refractivity contribution in [2.75, 3.05) is 18.0 Å². The van der Waals surface area contributed by atoms with Gasteiger partial charge < -0.3 is 9.80 Å². The third-order valence-electron chi connectivity index (χ3n) is 7.56. The van der Waals surface area contributed by atoms with Gasteiger partial charge in [-0.2, -0.15) is 0 Å². The van der Waals surface area contributed by atoms with Crippen LogP contribution in [0.5, 0.6) is 0 Å². The zero-order chi connectivity index (χ0) is 21.9. The Morgan fingerprint density at radius 1 is 1.06 bits per heavy atom. The molecule has 0 N–H and O–H groups in total. The molecule has 2 aromatic rings. The van der Waals surface area contributed by atoms with Crippen LogP contribution in [0.3, 0.4) is 0 Å². The highest BCUT2D eigenvalue weighted by atomic mass is 16.2. The van der Waals surface area contributed by atoms with Crippen molar-refractivity contribution in [2.24, 2.45) is 5.92 Å². The zero-order valence-electron chi connectivity index (χ0n) is 19.3. The third-order valence-corrected chi connectivity index (χ3v) is 7.56. The molecule has 1 amide bonds. The number of fused-ring (bicyclic) bond motifs is 1.